The maximum Gasteiger partial charge on any atom is 0.251 e. The molecule has 2 aromatic carbocycles. The highest BCUT2D eigenvalue weighted by atomic mass is 35.5. The third-order valence-corrected chi connectivity index (χ3v) is 4.24. The van der Waals surface area contributed by atoms with Gasteiger partial charge in [-0.25, -0.2) is 0 Å². The normalized spacial score (nSPS) is 10.8. The number of nitrogens with zero attached hydrogens (tertiary/aromatic N) is 1. The lowest BCUT2D eigenvalue weighted by atomic mass is 10.2. The van der Waals surface area contributed by atoms with Gasteiger partial charge in [0.2, 0.25) is 0 Å². The molecule has 3 rings (SSSR count). The maximum absolute atomic E-state index is 12.1. The monoisotopic (exact) mass is 332 g/mol. The molecule has 0 spiro atoms. The Morgan fingerprint density at radius 1 is 1.05 bits per heavy atom. The van der Waals surface area contributed by atoms with E-state index < -0.39 is 0 Å². The van der Waals surface area contributed by atoms with Crippen LogP contribution in [0.15, 0.2) is 54.7 Å². The molecule has 3 nitrogen and oxygen atoms in total. The molecule has 0 bridgehead atoms. The zero-order valence-electron chi connectivity index (χ0n) is 11.7. The van der Waals surface area contributed by atoms with Crippen molar-refractivity contribution in [3.8, 4) is 0 Å². The number of carbonyl (C=O) groups excluding carboxylic acids is 1. The van der Waals surface area contributed by atoms with Crippen LogP contribution in [0.1, 0.15) is 10.4 Å². The van der Waals surface area contributed by atoms with Crippen LogP contribution in [0.4, 0.5) is 0 Å². The van der Waals surface area contributed by atoms with E-state index in [0.29, 0.717) is 28.7 Å². The number of halogens is 2. The Labute approximate surface area is 138 Å². The number of fused-ring (bicyclic) bond motifs is 1. The van der Waals surface area contributed by atoms with E-state index in [1.807, 2.05) is 18.3 Å². The van der Waals surface area contributed by atoms with Crippen molar-refractivity contribution < 1.29 is 4.79 Å². The predicted octanol–water partition coefficient (Wildman–Crippen LogP) is 4.38. The zero-order valence-corrected chi connectivity index (χ0v) is 13.2. The molecule has 0 atom stereocenters. The van der Waals surface area contributed by atoms with Gasteiger partial charge in [0.1, 0.15) is 0 Å². The molecule has 0 aliphatic carbocycles. The molecule has 22 heavy (non-hydrogen) atoms. The molecule has 3 aromatic rings. The Morgan fingerprint density at radius 3 is 2.68 bits per heavy atom. The highest BCUT2D eigenvalue weighted by molar-refractivity contribution is 6.42. The van der Waals surface area contributed by atoms with Crippen molar-refractivity contribution in [1.29, 1.82) is 0 Å². The smallest absolute Gasteiger partial charge is 0.251 e. The van der Waals surface area contributed by atoms with Gasteiger partial charge in [0, 0.05) is 30.4 Å². The minimum absolute atomic E-state index is 0.157. The molecule has 1 heterocycles. The summed E-state index contributed by atoms with van der Waals surface area (Å²) in [5.41, 5.74) is 1.66. The van der Waals surface area contributed by atoms with Gasteiger partial charge in [0.05, 0.1) is 10.0 Å². The molecule has 1 N–H and O–H groups in total. The molecular weight excluding hydrogens is 319 g/mol. The Morgan fingerprint density at radius 2 is 1.86 bits per heavy atom. The lowest BCUT2D eigenvalue weighted by Crippen LogP contribution is -2.27. The van der Waals surface area contributed by atoms with Gasteiger partial charge in [-0.2, -0.15) is 0 Å². The van der Waals surface area contributed by atoms with Crippen LogP contribution in [0, 0.1) is 0 Å². The van der Waals surface area contributed by atoms with Gasteiger partial charge in [0.15, 0.2) is 0 Å². The van der Waals surface area contributed by atoms with Crippen LogP contribution in [-0.2, 0) is 6.54 Å². The van der Waals surface area contributed by atoms with Crippen LogP contribution in [-0.4, -0.2) is 17.0 Å². The fourth-order valence-corrected chi connectivity index (χ4v) is 2.66. The first kappa shape index (κ1) is 14.9. The number of aromatic nitrogens is 1. The minimum atomic E-state index is -0.157. The van der Waals surface area contributed by atoms with Gasteiger partial charge in [0.25, 0.3) is 5.91 Å². The van der Waals surface area contributed by atoms with Crippen molar-refractivity contribution in [2.45, 2.75) is 6.54 Å². The second kappa shape index (κ2) is 6.42. The summed E-state index contributed by atoms with van der Waals surface area (Å²) < 4.78 is 2.12. The van der Waals surface area contributed by atoms with Crippen molar-refractivity contribution in [2.24, 2.45) is 0 Å². The van der Waals surface area contributed by atoms with Crippen LogP contribution in [0.5, 0.6) is 0 Å². The number of nitrogens with one attached hydrogen (secondary N) is 1. The summed E-state index contributed by atoms with van der Waals surface area (Å²) >= 11 is 11.8. The molecule has 0 saturated heterocycles. The molecule has 0 saturated carbocycles. The zero-order chi connectivity index (χ0) is 15.5. The van der Waals surface area contributed by atoms with E-state index >= 15 is 0 Å². The van der Waals surface area contributed by atoms with Gasteiger partial charge >= 0.3 is 0 Å². The van der Waals surface area contributed by atoms with Crippen molar-refractivity contribution in [1.82, 2.24) is 9.88 Å². The average Bonchev–Trinajstić information content (AvgIpc) is 2.93. The average molecular weight is 333 g/mol. The van der Waals surface area contributed by atoms with Gasteiger partial charge in [-0.05, 0) is 35.7 Å². The maximum atomic E-state index is 12.1. The summed E-state index contributed by atoms with van der Waals surface area (Å²) in [4.78, 5) is 12.1. The summed E-state index contributed by atoms with van der Waals surface area (Å²) in [6, 6.07) is 15.1. The fraction of sp³-hybridized carbons (Fsp3) is 0.118. The van der Waals surface area contributed by atoms with Crippen LogP contribution >= 0.6 is 23.2 Å². The lowest BCUT2D eigenvalue weighted by molar-refractivity contribution is 0.0952. The van der Waals surface area contributed by atoms with E-state index in [1.165, 1.54) is 5.39 Å². The first-order valence-corrected chi connectivity index (χ1v) is 7.68. The number of benzene rings is 2. The lowest BCUT2D eigenvalue weighted by Gasteiger charge is -2.08. The van der Waals surface area contributed by atoms with E-state index in [2.05, 4.69) is 28.1 Å². The third kappa shape index (κ3) is 3.11. The molecule has 0 radical (unpaired) electrons. The Hall–Kier alpha value is -1.97. The first-order valence-electron chi connectivity index (χ1n) is 6.92. The quantitative estimate of drug-likeness (QED) is 0.755. The fourth-order valence-electron chi connectivity index (χ4n) is 2.36. The van der Waals surface area contributed by atoms with E-state index in [0.717, 1.165) is 5.52 Å². The van der Waals surface area contributed by atoms with Crippen molar-refractivity contribution >= 4 is 40.0 Å². The molecule has 0 unspecified atom stereocenters. The van der Waals surface area contributed by atoms with Crippen LogP contribution < -0.4 is 5.32 Å². The SMILES string of the molecule is O=C(NCCn1ccc2ccccc21)c1ccc(Cl)c(Cl)c1. The molecular formula is C17H14Cl2N2O. The highest BCUT2D eigenvalue weighted by Gasteiger charge is 2.07. The molecule has 112 valence electrons. The van der Waals surface area contributed by atoms with Crippen molar-refractivity contribution in [3.05, 3.63) is 70.3 Å². The second-order valence-corrected chi connectivity index (χ2v) is 5.77. The summed E-state index contributed by atoms with van der Waals surface area (Å²) in [5, 5.41) is 4.90. The van der Waals surface area contributed by atoms with Crippen LogP contribution in [0.25, 0.3) is 10.9 Å². The molecule has 0 fully saturated rings. The van der Waals surface area contributed by atoms with E-state index in [4.69, 9.17) is 23.2 Å². The van der Waals surface area contributed by atoms with E-state index in [9.17, 15) is 4.79 Å². The molecule has 0 aliphatic heterocycles. The molecule has 0 aliphatic rings. The third-order valence-electron chi connectivity index (χ3n) is 3.50. The second-order valence-electron chi connectivity index (χ2n) is 4.95. The van der Waals surface area contributed by atoms with E-state index in [-0.39, 0.29) is 5.91 Å². The van der Waals surface area contributed by atoms with Gasteiger partial charge < -0.3 is 9.88 Å². The van der Waals surface area contributed by atoms with Gasteiger partial charge in [-0.3, -0.25) is 4.79 Å². The van der Waals surface area contributed by atoms with Crippen LogP contribution in [0.3, 0.4) is 0 Å². The topological polar surface area (TPSA) is 34.0 Å². The van der Waals surface area contributed by atoms with Crippen molar-refractivity contribution in [2.75, 3.05) is 6.54 Å². The number of para-hydroxylation sites is 1. The first-order chi connectivity index (χ1) is 10.6. The summed E-state index contributed by atoms with van der Waals surface area (Å²) in [6.45, 7) is 1.25. The number of carbonyl (C=O) groups is 1. The van der Waals surface area contributed by atoms with Gasteiger partial charge in [-0.15, -0.1) is 0 Å². The highest BCUT2D eigenvalue weighted by Crippen LogP contribution is 2.22. The Kier molecular flexibility index (Phi) is 4.36. The molecule has 5 heteroatoms. The number of amides is 1. The summed E-state index contributed by atoms with van der Waals surface area (Å²) in [6.07, 6.45) is 2.02. The Balaban J connectivity index is 1.63. The summed E-state index contributed by atoms with van der Waals surface area (Å²) in [7, 11) is 0. The molecule has 1 aromatic heterocycles. The summed E-state index contributed by atoms with van der Waals surface area (Å²) in [5.74, 6) is -0.157. The molecule has 1 amide bonds. The predicted molar refractivity (Wildman–Crippen MR) is 90.7 cm³/mol. The minimum Gasteiger partial charge on any atom is -0.350 e. The largest absolute Gasteiger partial charge is 0.350 e. The standard InChI is InChI=1S/C17H14Cl2N2O/c18-14-6-5-13(11-15(14)19)17(22)20-8-10-21-9-7-12-3-1-2-4-16(12)21/h1-7,9,11H,8,10H2,(H,20,22). The number of hydrogen-bond acceptors (Lipinski definition) is 1. The number of hydrogen-bond donors (Lipinski definition) is 1. The van der Waals surface area contributed by atoms with E-state index in [1.54, 1.807) is 18.2 Å². The van der Waals surface area contributed by atoms with Crippen LogP contribution in [0.2, 0.25) is 10.0 Å². The van der Waals surface area contributed by atoms with Crippen molar-refractivity contribution in [3.63, 3.8) is 0 Å². The Bertz CT molecular complexity index is 826. The van der Waals surface area contributed by atoms with Gasteiger partial charge in [-0.1, -0.05) is 41.4 Å². The number of rotatable bonds is 4.